The maximum atomic E-state index is 12.9. The van der Waals surface area contributed by atoms with Crippen molar-refractivity contribution in [2.45, 2.75) is 19.3 Å². The molecule has 2 N–H and O–H groups in total. The summed E-state index contributed by atoms with van der Waals surface area (Å²) in [5.74, 6) is 0.492. The van der Waals surface area contributed by atoms with Crippen LogP contribution in [0.4, 0.5) is 14.9 Å². The van der Waals surface area contributed by atoms with E-state index >= 15 is 0 Å². The van der Waals surface area contributed by atoms with Crippen molar-refractivity contribution in [3.05, 3.63) is 71.4 Å². The van der Waals surface area contributed by atoms with Crippen LogP contribution in [0, 0.1) is 5.82 Å². The molecule has 1 aliphatic rings. The Hall–Kier alpha value is -2.90. The second-order valence-corrected chi connectivity index (χ2v) is 6.89. The molecule has 0 radical (unpaired) electrons. The Balaban J connectivity index is 1.37. The number of carbonyl (C=O) groups is 1. The van der Waals surface area contributed by atoms with Gasteiger partial charge in [0.15, 0.2) is 0 Å². The monoisotopic (exact) mass is 400 g/mol. The summed E-state index contributed by atoms with van der Waals surface area (Å²) in [6.07, 6.45) is 1.63. The highest BCUT2D eigenvalue weighted by atomic mass is 35.5. The fraction of sp³-hybridized carbons (Fsp3) is 0.200. The number of aromatic nitrogens is 2. The molecule has 28 heavy (non-hydrogen) atoms. The first-order valence-electron chi connectivity index (χ1n) is 8.81. The van der Waals surface area contributed by atoms with Crippen LogP contribution in [-0.2, 0) is 17.9 Å². The van der Waals surface area contributed by atoms with Crippen LogP contribution in [0.3, 0.4) is 0 Å². The lowest BCUT2D eigenvalue weighted by atomic mass is 10.1. The van der Waals surface area contributed by atoms with E-state index in [-0.39, 0.29) is 18.0 Å². The maximum absolute atomic E-state index is 12.9. The number of carbonyl (C=O) groups excluding carboxylic acids is 1. The molecule has 2 heterocycles. The smallest absolute Gasteiger partial charge is 0.319 e. The molecule has 0 saturated heterocycles. The zero-order chi connectivity index (χ0) is 19.5. The first kappa shape index (κ1) is 18.5. The minimum Gasteiger partial charge on any atom is -0.367 e. The van der Waals surface area contributed by atoms with Crippen molar-refractivity contribution >= 4 is 23.3 Å². The van der Waals surface area contributed by atoms with E-state index in [1.807, 2.05) is 30.5 Å². The average Bonchev–Trinajstić information content (AvgIpc) is 3.12. The predicted octanol–water partition coefficient (Wildman–Crippen LogP) is 4.06. The van der Waals surface area contributed by atoms with E-state index in [4.69, 9.17) is 16.3 Å². The molecule has 1 atom stereocenters. The number of hydrogen-bond donors (Lipinski definition) is 2. The number of halogens is 2. The molecule has 144 valence electrons. The minimum atomic E-state index is -0.371. The molecule has 0 fully saturated rings. The third-order valence-electron chi connectivity index (χ3n) is 4.50. The molecule has 0 aliphatic carbocycles. The Morgan fingerprint density at radius 2 is 1.96 bits per heavy atom. The van der Waals surface area contributed by atoms with Crippen LogP contribution in [0.2, 0.25) is 5.02 Å². The van der Waals surface area contributed by atoms with E-state index < -0.39 is 0 Å². The van der Waals surface area contributed by atoms with Crippen molar-refractivity contribution < 1.29 is 13.9 Å². The number of urea groups is 1. The van der Waals surface area contributed by atoms with Crippen molar-refractivity contribution in [2.75, 3.05) is 11.9 Å². The fourth-order valence-corrected chi connectivity index (χ4v) is 3.20. The van der Waals surface area contributed by atoms with Gasteiger partial charge in [0.1, 0.15) is 18.2 Å². The van der Waals surface area contributed by atoms with Crippen molar-refractivity contribution in [1.82, 2.24) is 14.9 Å². The van der Waals surface area contributed by atoms with Crippen LogP contribution < -0.4 is 10.6 Å². The lowest BCUT2D eigenvalue weighted by Gasteiger charge is -2.26. The van der Waals surface area contributed by atoms with E-state index in [2.05, 4.69) is 20.2 Å². The SMILES string of the molecule is O=C(NCC1Cn2c(-c3ccc(Cl)cc3)cnc2CO1)Nc1ccc(F)cc1. The van der Waals surface area contributed by atoms with Gasteiger partial charge in [0, 0.05) is 17.3 Å². The molecule has 3 aromatic rings. The quantitative estimate of drug-likeness (QED) is 0.693. The topological polar surface area (TPSA) is 68.2 Å². The van der Waals surface area contributed by atoms with E-state index in [9.17, 15) is 9.18 Å². The Kier molecular flexibility index (Phi) is 5.27. The first-order valence-corrected chi connectivity index (χ1v) is 9.18. The summed E-state index contributed by atoms with van der Waals surface area (Å²) >= 11 is 5.97. The number of amides is 2. The minimum absolute atomic E-state index is 0.188. The Labute approximate surface area is 166 Å². The van der Waals surface area contributed by atoms with Crippen molar-refractivity contribution in [2.24, 2.45) is 0 Å². The molecule has 0 spiro atoms. The Bertz CT molecular complexity index is 973. The summed E-state index contributed by atoms with van der Waals surface area (Å²) in [5, 5.41) is 6.13. The Morgan fingerprint density at radius 3 is 2.71 bits per heavy atom. The normalized spacial score (nSPS) is 15.7. The number of benzene rings is 2. The van der Waals surface area contributed by atoms with Crippen LogP contribution in [0.25, 0.3) is 11.3 Å². The van der Waals surface area contributed by atoms with Crippen LogP contribution >= 0.6 is 11.6 Å². The van der Waals surface area contributed by atoms with Crippen molar-refractivity contribution in [3.8, 4) is 11.3 Å². The molecule has 0 bridgehead atoms. The number of fused-ring (bicyclic) bond motifs is 1. The lowest BCUT2D eigenvalue weighted by molar-refractivity contribution is 0.00515. The molecular formula is C20H18ClFN4O2. The van der Waals surface area contributed by atoms with Crippen LogP contribution in [0.1, 0.15) is 5.82 Å². The molecule has 8 heteroatoms. The molecular weight excluding hydrogens is 383 g/mol. The van der Waals surface area contributed by atoms with Gasteiger partial charge in [-0.3, -0.25) is 0 Å². The summed E-state index contributed by atoms with van der Waals surface area (Å²) < 4.78 is 20.8. The zero-order valence-corrected chi connectivity index (χ0v) is 15.6. The highest BCUT2D eigenvalue weighted by Crippen LogP contribution is 2.26. The number of nitrogens with zero attached hydrogens (tertiary/aromatic N) is 2. The second kappa shape index (κ2) is 8.00. The van der Waals surface area contributed by atoms with E-state index in [0.29, 0.717) is 30.4 Å². The van der Waals surface area contributed by atoms with Gasteiger partial charge in [0.25, 0.3) is 0 Å². The van der Waals surface area contributed by atoms with Crippen molar-refractivity contribution in [3.63, 3.8) is 0 Å². The summed E-state index contributed by atoms with van der Waals surface area (Å²) in [6, 6.07) is 12.8. The molecule has 2 aromatic carbocycles. The number of imidazole rings is 1. The number of nitrogens with one attached hydrogen (secondary N) is 2. The van der Waals surface area contributed by atoms with Gasteiger partial charge in [0.05, 0.1) is 24.5 Å². The predicted molar refractivity (Wildman–Crippen MR) is 105 cm³/mol. The highest BCUT2D eigenvalue weighted by molar-refractivity contribution is 6.30. The van der Waals surface area contributed by atoms with Crippen LogP contribution in [0.5, 0.6) is 0 Å². The van der Waals surface area contributed by atoms with Gasteiger partial charge in [-0.05, 0) is 42.0 Å². The van der Waals surface area contributed by atoms with E-state index in [0.717, 1.165) is 17.1 Å². The summed E-state index contributed by atoms with van der Waals surface area (Å²) in [7, 11) is 0. The zero-order valence-electron chi connectivity index (χ0n) is 14.9. The molecule has 0 saturated carbocycles. The lowest BCUT2D eigenvalue weighted by Crippen LogP contribution is -2.40. The summed E-state index contributed by atoms with van der Waals surface area (Å²) in [4.78, 5) is 16.5. The number of ether oxygens (including phenoxy) is 1. The average molecular weight is 401 g/mol. The summed E-state index contributed by atoms with van der Waals surface area (Å²) in [6.45, 7) is 1.29. The van der Waals surface area contributed by atoms with Crippen molar-refractivity contribution in [1.29, 1.82) is 0 Å². The number of anilines is 1. The van der Waals surface area contributed by atoms with Crippen LogP contribution in [-0.4, -0.2) is 28.2 Å². The van der Waals surface area contributed by atoms with Gasteiger partial charge < -0.3 is 19.9 Å². The standard InChI is InChI=1S/C20H18ClFN4O2/c21-14-3-1-13(2-4-14)18-10-23-19-12-28-17(11-26(18)19)9-24-20(27)25-16-7-5-15(22)6-8-16/h1-8,10,17H,9,11-12H2,(H2,24,25,27). The number of hydrogen-bond acceptors (Lipinski definition) is 3. The van der Waals surface area contributed by atoms with Gasteiger partial charge in [-0.1, -0.05) is 23.7 Å². The van der Waals surface area contributed by atoms with Gasteiger partial charge in [-0.15, -0.1) is 0 Å². The van der Waals surface area contributed by atoms with Gasteiger partial charge >= 0.3 is 6.03 Å². The second-order valence-electron chi connectivity index (χ2n) is 6.45. The Morgan fingerprint density at radius 1 is 1.21 bits per heavy atom. The van der Waals surface area contributed by atoms with Gasteiger partial charge in [0.2, 0.25) is 0 Å². The van der Waals surface area contributed by atoms with Crippen LogP contribution in [0.15, 0.2) is 54.7 Å². The van der Waals surface area contributed by atoms with E-state index in [1.165, 1.54) is 24.3 Å². The molecule has 2 amide bonds. The highest BCUT2D eigenvalue weighted by Gasteiger charge is 2.23. The molecule has 1 aromatic heterocycles. The summed E-state index contributed by atoms with van der Waals surface area (Å²) in [5.41, 5.74) is 2.52. The first-order chi connectivity index (χ1) is 13.6. The van der Waals surface area contributed by atoms with Gasteiger partial charge in [-0.2, -0.15) is 0 Å². The van der Waals surface area contributed by atoms with E-state index in [1.54, 1.807) is 0 Å². The fourth-order valence-electron chi connectivity index (χ4n) is 3.07. The number of rotatable bonds is 4. The third-order valence-corrected chi connectivity index (χ3v) is 4.76. The maximum Gasteiger partial charge on any atom is 0.319 e. The third kappa shape index (κ3) is 4.16. The largest absolute Gasteiger partial charge is 0.367 e. The molecule has 6 nitrogen and oxygen atoms in total. The molecule has 1 unspecified atom stereocenters. The molecule has 4 rings (SSSR count). The molecule has 1 aliphatic heterocycles. The van der Waals surface area contributed by atoms with Gasteiger partial charge in [-0.25, -0.2) is 14.2 Å².